The van der Waals surface area contributed by atoms with Gasteiger partial charge < -0.3 is 4.74 Å². The number of ketones is 1. The molecule has 0 saturated carbocycles. The molecule has 0 amide bonds. The molecule has 0 N–H and O–H groups in total. The number of nitrogens with zero attached hydrogens (tertiary/aromatic N) is 1. The normalized spacial score (nSPS) is 10.9. The molecule has 0 aliphatic carbocycles. The van der Waals surface area contributed by atoms with Gasteiger partial charge in [0.15, 0.2) is 5.78 Å². The first kappa shape index (κ1) is 11.1. The number of pyridine rings is 1. The number of carbonyl (C=O) groups is 2. The lowest BCUT2D eigenvalue weighted by molar-refractivity contribution is -0.137. The molecule has 1 heterocycles. The number of hydrogen-bond acceptors (Lipinski definition) is 4. The van der Waals surface area contributed by atoms with Gasteiger partial charge in [0, 0.05) is 12.4 Å². The average molecular weight is 205 g/mol. The molecule has 0 spiro atoms. The summed E-state index contributed by atoms with van der Waals surface area (Å²) in [4.78, 5) is 26.2. The predicted molar refractivity (Wildman–Crippen MR) is 54.9 cm³/mol. The van der Waals surface area contributed by atoms with Crippen molar-refractivity contribution >= 4 is 17.8 Å². The van der Waals surface area contributed by atoms with E-state index in [4.69, 9.17) is 0 Å². The first-order valence-corrected chi connectivity index (χ1v) is 4.36. The zero-order valence-electron chi connectivity index (χ0n) is 8.56. The molecule has 0 radical (unpaired) electrons. The topological polar surface area (TPSA) is 56.3 Å². The van der Waals surface area contributed by atoms with Crippen LogP contribution in [0.2, 0.25) is 0 Å². The summed E-state index contributed by atoms with van der Waals surface area (Å²) in [5, 5.41) is 0. The van der Waals surface area contributed by atoms with Crippen LogP contribution in [0.15, 0.2) is 30.1 Å². The Morgan fingerprint density at radius 3 is 2.40 bits per heavy atom. The standard InChI is InChI=1S/C11H11NO3/c1-8(13)10(11(14)15-2)7-9-3-5-12-6-4-9/h3-7H,1-2H3. The highest BCUT2D eigenvalue weighted by Crippen LogP contribution is 2.07. The molecule has 1 aromatic rings. The van der Waals surface area contributed by atoms with E-state index in [1.54, 1.807) is 24.5 Å². The fourth-order valence-electron chi connectivity index (χ4n) is 1.04. The van der Waals surface area contributed by atoms with Crippen LogP contribution in [-0.2, 0) is 14.3 Å². The van der Waals surface area contributed by atoms with Crippen molar-refractivity contribution in [3.8, 4) is 0 Å². The van der Waals surface area contributed by atoms with E-state index >= 15 is 0 Å². The number of Topliss-reactive ketones (excluding diaryl/α,β-unsaturated/α-hetero) is 1. The Kier molecular flexibility index (Phi) is 3.74. The van der Waals surface area contributed by atoms with Crippen molar-refractivity contribution in [2.24, 2.45) is 0 Å². The third kappa shape index (κ3) is 3.02. The molecule has 0 saturated heterocycles. The Morgan fingerprint density at radius 2 is 1.93 bits per heavy atom. The van der Waals surface area contributed by atoms with Crippen LogP contribution >= 0.6 is 0 Å². The second kappa shape index (κ2) is 5.05. The maximum Gasteiger partial charge on any atom is 0.341 e. The van der Waals surface area contributed by atoms with Gasteiger partial charge in [-0.05, 0) is 30.7 Å². The van der Waals surface area contributed by atoms with Gasteiger partial charge in [0.25, 0.3) is 0 Å². The van der Waals surface area contributed by atoms with Crippen LogP contribution in [0.5, 0.6) is 0 Å². The highest BCUT2D eigenvalue weighted by molar-refractivity contribution is 6.19. The molecule has 0 aliphatic rings. The molecular weight excluding hydrogens is 194 g/mol. The zero-order valence-corrected chi connectivity index (χ0v) is 8.56. The monoisotopic (exact) mass is 205 g/mol. The first-order chi connectivity index (χ1) is 7.15. The first-order valence-electron chi connectivity index (χ1n) is 4.36. The molecule has 0 bridgehead atoms. The number of carbonyl (C=O) groups excluding carboxylic acids is 2. The van der Waals surface area contributed by atoms with E-state index in [-0.39, 0.29) is 11.4 Å². The van der Waals surface area contributed by atoms with Crippen molar-refractivity contribution in [3.63, 3.8) is 0 Å². The van der Waals surface area contributed by atoms with Crippen LogP contribution in [0.25, 0.3) is 6.08 Å². The van der Waals surface area contributed by atoms with Crippen LogP contribution in [0.3, 0.4) is 0 Å². The smallest absolute Gasteiger partial charge is 0.341 e. The fourth-order valence-corrected chi connectivity index (χ4v) is 1.04. The lowest BCUT2D eigenvalue weighted by Gasteiger charge is -2.00. The van der Waals surface area contributed by atoms with Crippen molar-refractivity contribution in [1.29, 1.82) is 0 Å². The molecule has 0 aromatic carbocycles. The molecule has 1 rings (SSSR count). The van der Waals surface area contributed by atoms with Gasteiger partial charge in [-0.3, -0.25) is 9.78 Å². The summed E-state index contributed by atoms with van der Waals surface area (Å²) in [6, 6.07) is 3.40. The molecule has 0 aliphatic heterocycles. The minimum absolute atomic E-state index is 0.0312. The van der Waals surface area contributed by atoms with Gasteiger partial charge in [0.05, 0.1) is 7.11 Å². The highest BCUT2D eigenvalue weighted by atomic mass is 16.5. The number of hydrogen-bond donors (Lipinski definition) is 0. The van der Waals surface area contributed by atoms with Gasteiger partial charge in [-0.25, -0.2) is 4.79 Å². The lowest BCUT2D eigenvalue weighted by atomic mass is 10.1. The maximum absolute atomic E-state index is 11.2. The summed E-state index contributed by atoms with van der Waals surface area (Å²) < 4.78 is 4.50. The van der Waals surface area contributed by atoms with Crippen LogP contribution < -0.4 is 0 Å². The number of methoxy groups -OCH3 is 1. The van der Waals surface area contributed by atoms with Crippen molar-refractivity contribution in [3.05, 3.63) is 35.7 Å². The minimum Gasteiger partial charge on any atom is -0.465 e. The van der Waals surface area contributed by atoms with Gasteiger partial charge in [-0.15, -0.1) is 0 Å². The fraction of sp³-hybridized carbons (Fsp3) is 0.182. The molecule has 0 fully saturated rings. The summed E-state index contributed by atoms with van der Waals surface area (Å²) in [5.41, 5.74) is 0.768. The van der Waals surface area contributed by atoms with Crippen LogP contribution in [0.4, 0.5) is 0 Å². The van der Waals surface area contributed by atoms with Gasteiger partial charge in [0.2, 0.25) is 0 Å². The van der Waals surface area contributed by atoms with Crippen LogP contribution in [0, 0.1) is 0 Å². The third-order valence-corrected chi connectivity index (χ3v) is 1.80. The summed E-state index contributed by atoms with van der Waals surface area (Å²) in [5.74, 6) is -0.946. The van der Waals surface area contributed by atoms with E-state index < -0.39 is 5.97 Å². The van der Waals surface area contributed by atoms with Gasteiger partial charge in [-0.2, -0.15) is 0 Å². The number of aromatic nitrogens is 1. The Labute approximate surface area is 87.6 Å². The Bertz CT molecular complexity index is 396. The highest BCUT2D eigenvalue weighted by Gasteiger charge is 2.14. The van der Waals surface area contributed by atoms with E-state index in [0.717, 1.165) is 5.56 Å². The minimum atomic E-state index is -0.626. The molecule has 0 atom stereocenters. The predicted octanol–water partition coefficient (Wildman–Crippen LogP) is 1.23. The van der Waals surface area contributed by atoms with E-state index in [2.05, 4.69) is 9.72 Å². The van der Waals surface area contributed by atoms with E-state index in [9.17, 15) is 9.59 Å². The summed E-state index contributed by atoms with van der Waals surface area (Å²) >= 11 is 0. The zero-order chi connectivity index (χ0) is 11.3. The molecule has 78 valence electrons. The van der Waals surface area contributed by atoms with E-state index in [0.29, 0.717) is 0 Å². The molecule has 15 heavy (non-hydrogen) atoms. The van der Waals surface area contributed by atoms with Crippen molar-refractivity contribution in [2.45, 2.75) is 6.92 Å². The quantitative estimate of drug-likeness (QED) is 0.322. The molecule has 4 heteroatoms. The van der Waals surface area contributed by atoms with E-state index in [1.165, 1.54) is 20.1 Å². The lowest BCUT2D eigenvalue weighted by Crippen LogP contribution is -2.11. The summed E-state index contributed by atoms with van der Waals surface area (Å²) in [6.45, 7) is 1.32. The van der Waals surface area contributed by atoms with Gasteiger partial charge in [0.1, 0.15) is 5.57 Å². The Hall–Kier alpha value is -1.97. The van der Waals surface area contributed by atoms with E-state index in [1.807, 2.05) is 0 Å². The van der Waals surface area contributed by atoms with Crippen molar-refractivity contribution in [2.75, 3.05) is 7.11 Å². The van der Waals surface area contributed by atoms with Crippen LogP contribution in [-0.4, -0.2) is 23.8 Å². The maximum atomic E-state index is 11.2. The summed E-state index contributed by atoms with van der Waals surface area (Å²) in [6.07, 6.45) is 4.65. The number of rotatable bonds is 3. The molecule has 0 unspecified atom stereocenters. The number of ether oxygens (including phenoxy) is 1. The Balaban J connectivity index is 3.05. The Morgan fingerprint density at radius 1 is 1.33 bits per heavy atom. The van der Waals surface area contributed by atoms with Gasteiger partial charge in [-0.1, -0.05) is 0 Å². The SMILES string of the molecule is COC(=O)C(=Cc1ccncc1)C(C)=O. The average Bonchev–Trinajstić information content (AvgIpc) is 2.26. The van der Waals surface area contributed by atoms with Gasteiger partial charge >= 0.3 is 5.97 Å². The largest absolute Gasteiger partial charge is 0.465 e. The van der Waals surface area contributed by atoms with Crippen LogP contribution in [0.1, 0.15) is 12.5 Å². The molecule has 4 nitrogen and oxygen atoms in total. The van der Waals surface area contributed by atoms with Crippen molar-refractivity contribution in [1.82, 2.24) is 4.98 Å². The number of esters is 1. The second-order valence-corrected chi connectivity index (χ2v) is 2.89. The van der Waals surface area contributed by atoms with Crippen molar-refractivity contribution < 1.29 is 14.3 Å². The molecular formula is C11H11NO3. The second-order valence-electron chi connectivity index (χ2n) is 2.89. The summed E-state index contributed by atoms with van der Waals surface area (Å²) in [7, 11) is 1.24. The third-order valence-electron chi connectivity index (χ3n) is 1.80. The molecule has 1 aromatic heterocycles.